The van der Waals surface area contributed by atoms with Crippen molar-refractivity contribution in [2.75, 3.05) is 6.54 Å². The molecular weight excluding hydrogens is 234 g/mol. The molecule has 0 saturated heterocycles. The summed E-state index contributed by atoms with van der Waals surface area (Å²) < 4.78 is 2.17. The predicted octanol–water partition coefficient (Wildman–Crippen LogP) is 2.59. The highest BCUT2D eigenvalue weighted by Gasteiger charge is 2.02. The van der Waals surface area contributed by atoms with Crippen molar-refractivity contribution in [3.63, 3.8) is 0 Å². The Kier molecular flexibility index (Phi) is 3.29. The molecule has 3 rings (SSSR count). The zero-order chi connectivity index (χ0) is 13.1. The van der Waals surface area contributed by atoms with Gasteiger partial charge in [-0.2, -0.15) is 0 Å². The number of fused-ring (bicyclic) bond motifs is 1. The maximum Gasteiger partial charge on any atom is 0.0961 e. The second-order valence-corrected chi connectivity index (χ2v) is 4.72. The lowest BCUT2D eigenvalue weighted by molar-refractivity contribution is 0.823. The van der Waals surface area contributed by atoms with Crippen LogP contribution in [0.1, 0.15) is 11.1 Å². The van der Waals surface area contributed by atoms with E-state index in [1.807, 2.05) is 24.5 Å². The van der Waals surface area contributed by atoms with E-state index in [1.165, 1.54) is 16.6 Å². The number of para-hydroxylation sites is 2. The fourth-order valence-electron chi connectivity index (χ4n) is 2.31. The number of hydrogen-bond acceptors (Lipinski definition) is 2. The van der Waals surface area contributed by atoms with E-state index < -0.39 is 0 Å². The van der Waals surface area contributed by atoms with Crippen LogP contribution in [0.3, 0.4) is 0 Å². The molecule has 2 aromatic carbocycles. The molecule has 0 atom stereocenters. The fraction of sp³-hybridized carbons (Fsp3) is 0.188. The summed E-state index contributed by atoms with van der Waals surface area (Å²) in [4.78, 5) is 4.41. The Labute approximate surface area is 112 Å². The van der Waals surface area contributed by atoms with Gasteiger partial charge in [-0.15, -0.1) is 0 Å². The molecule has 0 radical (unpaired) electrons. The first-order chi connectivity index (χ1) is 9.36. The van der Waals surface area contributed by atoms with Gasteiger partial charge in [-0.05, 0) is 36.2 Å². The van der Waals surface area contributed by atoms with E-state index in [9.17, 15) is 0 Å². The minimum absolute atomic E-state index is 0.700. The zero-order valence-corrected chi connectivity index (χ0v) is 10.8. The lowest BCUT2D eigenvalue weighted by Gasteiger charge is -2.06. The lowest BCUT2D eigenvalue weighted by Crippen LogP contribution is -2.03. The van der Waals surface area contributed by atoms with E-state index in [4.69, 9.17) is 5.73 Å². The first kappa shape index (κ1) is 11.9. The van der Waals surface area contributed by atoms with Crippen LogP contribution in [0.5, 0.6) is 0 Å². The normalized spacial score (nSPS) is 11.0. The standard InChI is InChI=1S/C16H17N3/c17-10-9-13-5-7-14(8-6-13)11-19-12-18-15-3-1-2-4-16(15)19/h1-8,12H,9-11,17H2. The van der Waals surface area contributed by atoms with E-state index in [-0.39, 0.29) is 0 Å². The Hall–Kier alpha value is -2.13. The van der Waals surface area contributed by atoms with Gasteiger partial charge in [0, 0.05) is 6.54 Å². The van der Waals surface area contributed by atoms with Crippen molar-refractivity contribution in [3.8, 4) is 0 Å². The quantitative estimate of drug-likeness (QED) is 0.774. The molecule has 0 aliphatic heterocycles. The molecule has 0 aliphatic carbocycles. The van der Waals surface area contributed by atoms with Gasteiger partial charge in [-0.3, -0.25) is 0 Å². The minimum Gasteiger partial charge on any atom is -0.330 e. The van der Waals surface area contributed by atoms with E-state index >= 15 is 0 Å². The van der Waals surface area contributed by atoms with E-state index in [1.54, 1.807) is 0 Å². The second-order valence-electron chi connectivity index (χ2n) is 4.72. The van der Waals surface area contributed by atoms with Crippen LogP contribution in [0.25, 0.3) is 11.0 Å². The van der Waals surface area contributed by atoms with Crippen LogP contribution in [-0.4, -0.2) is 16.1 Å². The molecule has 0 fully saturated rings. The summed E-state index contributed by atoms with van der Waals surface area (Å²) in [5.74, 6) is 0. The van der Waals surface area contributed by atoms with Gasteiger partial charge < -0.3 is 10.3 Å². The molecule has 1 aromatic heterocycles. The lowest BCUT2D eigenvalue weighted by atomic mass is 10.1. The van der Waals surface area contributed by atoms with Crippen molar-refractivity contribution in [1.29, 1.82) is 0 Å². The second kappa shape index (κ2) is 5.24. The summed E-state index contributed by atoms with van der Waals surface area (Å²) in [6, 6.07) is 16.8. The van der Waals surface area contributed by atoms with Gasteiger partial charge in [0.05, 0.1) is 17.4 Å². The highest BCUT2D eigenvalue weighted by atomic mass is 15.0. The van der Waals surface area contributed by atoms with Gasteiger partial charge >= 0.3 is 0 Å². The number of benzene rings is 2. The number of hydrogen-bond donors (Lipinski definition) is 1. The van der Waals surface area contributed by atoms with Crippen LogP contribution in [0.4, 0.5) is 0 Å². The molecule has 1 heterocycles. The Morgan fingerprint density at radius 1 is 0.947 bits per heavy atom. The molecule has 0 unspecified atom stereocenters. The molecule has 19 heavy (non-hydrogen) atoms. The molecule has 2 N–H and O–H groups in total. The van der Waals surface area contributed by atoms with Gasteiger partial charge in [0.2, 0.25) is 0 Å². The summed E-state index contributed by atoms with van der Waals surface area (Å²) >= 11 is 0. The van der Waals surface area contributed by atoms with Crippen molar-refractivity contribution in [1.82, 2.24) is 9.55 Å². The number of rotatable bonds is 4. The Morgan fingerprint density at radius 3 is 2.47 bits per heavy atom. The fourth-order valence-corrected chi connectivity index (χ4v) is 2.31. The summed E-state index contributed by atoms with van der Waals surface area (Å²) in [6.45, 7) is 1.55. The molecular formula is C16H17N3. The van der Waals surface area contributed by atoms with Crippen LogP contribution >= 0.6 is 0 Å². The van der Waals surface area contributed by atoms with Crippen molar-refractivity contribution < 1.29 is 0 Å². The van der Waals surface area contributed by atoms with Gasteiger partial charge in [0.1, 0.15) is 0 Å². The molecule has 0 saturated carbocycles. The number of aromatic nitrogens is 2. The highest BCUT2D eigenvalue weighted by molar-refractivity contribution is 5.75. The average molecular weight is 251 g/mol. The van der Waals surface area contributed by atoms with Crippen LogP contribution in [0.2, 0.25) is 0 Å². The van der Waals surface area contributed by atoms with Crippen LogP contribution in [0.15, 0.2) is 54.9 Å². The smallest absolute Gasteiger partial charge is 0.0961 e. The van der Waals surface area contributed by atoms with Crippen molar-refractivity contribution in [3.05, 3.63) is 66.0 Å². The predicted molar refractivity (Wildman–Crippen MR) is 78.0 cm³/mol. The molecule has 0 bridgehead atoms. The first-order valence-corrected chi connectivity index (χ1v) is 6.54. The van der Waals surface area contributed by atoms with Gasteiger partial charge in [-0.25, -0.2) is 4.98 Å². The Balaban J connectivity index is 1.84. The van der Waals surface area contributed by atoms with Crippen LogP contribution in [-0.2, 0) is 13.0 Å². The van der Waals surface area contributed by atoms with E-state index in [0.717, 1.165) is 18.5 Å². The molecule has 3 heteroatoms. The zero-order valence-electron chi connectivity index (χ0n) is 10.8. The molecule has 3 aromatic rings. The maximum atomic E-state index is 5.56. The Morgan fingerprint density at radius 2 is 1.68 bits per heavy atom. The van der Waals surface area contributed by atoms with Crippen molar-refractivity contribution >= 4 is 11.0 Å². The molecule has 3 nitrogen and oxygen atoms in total. The number of imidazole rings is 1. The summed E-state index contributed by atoms with van der Waals surface area (Å²) in [5.41, 5.74) is 10.4. The summed E-state index contributed by atoms with van der Waals surface area (Å²) in [7, 11) is 0. The largest absolute Gasteiger partial charge is 0.330 e. The van der Waals surface area contributed by atoms with Crippen LogP contribution in [0, 0.1) is 0 Å². The van der Waals surface area contributed by atoms with Gasteiger partial charge in [0.25, 0.3) is 0 Å². The maximum absolute atomic E-state index is 5.56. The topological polar surface area (TPSA) is 43.8 Å². The third-order valence-corrected chi connectivity index (χ3v) is 3.34. The minimum atomic E-state index is 0.700. The van der Waals surface area contributed by atoms with Gasteiger partial charge in [-0.1, -0.05) is 36.4 Å². The third kappa shape index (κ3) is 2.51. The third-order valence-electron chi connectivity index (χ3n) is 3.34. The van der Waals surface area contributed by atoms with E-state index in [2.05, 4.69) is 39.9 Å². The van der Waals surface area contributed by atoms with Gasteiger partial charge in [0.15, 0.2) is 0 Å². The number of nitrogens with zero attached hydrogens (tertiary/aromatic N) is 2. The molecule has 0 amide bonds. The Bertz CT molecular complexity index is 668. The molecule has 0 aliphatic rings. The summed E-state index contributed by atoms with van der Waals surface area (Å²) in [5, 5.41) is 0. The first-order valence-electron chi connectivity index (χ1n) is 6.54. The average Bonchev–Trinajstić information content (AvgIpc) is 2.85. The van der Waals surface area contributed by atoms with Crippen LogP contribution < -0.4 is 5.73 Å². The molecule has 0 spiro atoms. The monoisotopic (exact) mass is 251 g/mol. The number of nitrogens with two attached hydrogens (primary N) is 1. The summed E-state index contributed by atoms with van der Waals surface area (Å²) in [6.07, 6.45) is 2.84. The van der Waals surface area contributed by atoms with Crippen molar-refractivity contribution in [2.24, 2.45) is 5.73 Å². The highest BCUT2D eigenvalue weighted by Crippen LogP contribution is 2.14. The molecule has 96 valence electrons. The van der Waals surface area contributed by atoms with E-state index in [0.29, 0.717) is 6.54 Å². The SMILES string of the molecule is NCCc1ccc(Cn2cnc3ccccc32)cc1. The van der Waals surface area contributed by atoms with Crippen molar-refractivity contribution in [2.45, 2.75) is 13.0 Å².